The molecule has 0 aromatic heterocycles. The van der Waals surface area contributed by atoms with Crippen LogP contribution in [0.1, 0.15) is 20.7 Å². The van der Waals surface area contributed by atoms with E-state index in [1.54, 1.807) is 12.2 Å². The second kappa shape index (κ2) is 9.13. The fourth-order valence-electron chi connectivity index (χ4n) is 2.61. The molecule has 0 aliphatic heterocycles. The van der Waals surface area contributed by atoms with Crippen molar-refractivity contribution in [1.29, 1.82) is 0 Å². The van der Waals surface area contributed by atoms with Gasteiger partial charge < -0.3 is 15.2 Å². The summed E-state index contributed by atoms with van der Waals surface area (Å²) in [6.45, 7) is -0.229. The van der Waals surface area contributed by atoms with E-state index < -0.39 is 75.2 Å². The second-order valence-corrected chi connectivity index (χ2v) is 6.30. The van der Waals surface area contributed by atoms with Crippen LogP contribution < -0.4 is 10.1 Å². The number of benzene rings is 2. The molecule has 2 aromatic rings. The van der Waals surface area contributed by atoms with Crippen LogP contribution in [0, 0.1) is 46.8 Å². The average Bonchev–Trinajstić information content (AvgIpc) is 2.79. The standard InChI is InChI=1S/C21H8F7NO4/c22-9-6-10(33-21(32)12-15(25)17(27)19(30)18(28)16(12)26)13(23)14(24)11(9)20(31)29-7-8-4-2-1-3-5-8/h1-4,6H,7H2,(H-,29,30,31,32)/p+1. The Labute approximate surface area is 180 Å². The van der Waals surface area contributed by atoms with Gasteiger partial charge in [-0.15, -0.1) is 0 Å². The number of allylic oxidation sites excluding steroid dienone is 4. The van der Waals surface area contributed by atoms with E-state index in [1.165, 1.54) is 12.2 Å². The lowest BCUT2D eigenvalue weighted by Crippen LogP contribution is -2.28. The molecule has 0 fully saturated rings. The number of esters is 1. The molecule has 1 amide bonds. The number of carbonyl (C=O) groups is 2. The first-order chi connectivity index (χ1) is 15.5. The van der Waals surface area contributed by atoms with E-state index in [9.17, 15) is 40.3 Å². The molecular weight excluding hydrogens is 463 g/mol. The monoisotopic (exact) mass is 472 g/mol. The number of nitrogens with one attached hydrogen (secondary N) is 1. The van der Waals surface area contributed by atoms with Gasteiger partial charge in [0.05, 0.1) is 12.6 Å². The zero-order valence-electron chi connectivity index (χ0n) is 15.9. The molecule has 170 valence electrons. The van der Waals surface area contributed by atoms with Crippen LogP contribution in [-0.4, -0.2) is 23.5 Å². The summed E-state index contributed by atoms with van der Waals surface area (Å²) in [4.78, 5) is 24.0. The summed E-state index contributed by atoms with van der Waals surface area (Å²) in [6.07, 6.45) is 8.97. The molecule has 33 heavy (non-hydrogen) atoms. The highest BCUT2D eigenvalue weighted by Crippen LogP contribution is 2.31. The SMILES string of the molecule is O=C(NCC1=CC=CC=[C+]1)c1c(F)cc(OC(=O)c2c(F)c(F)c(O)c(F)c2F)c(F)c1F. The fourth-order valence-corrected chi connectivity index (χ4v) is 2.61. The number of aromatic hydroxyl groups is 1. The minimum atomic E-state index is -2.40. The summed E-state index contributed by atoms with van der Waals surface area (Å²) in [5, 5.41) is 11.0. The first kappa shape index (κ1) is 23.5. The lowest BCUT2D eigenvalue weighted by molar-refractivity contribution is 0.0712. The van der Waals surface area contributed by atoms with Gasteiger partial charge in [-0.1, -0.05) is 0 Å². The zero-order valence-corrected chi connectivity index (χ0v) is 15.9. The number of rotatable bonds is 5. The maximum atomic E-state index is 14.3. The minimum Gasteiger partial charge on any atom is -0.503 e. The van der Waals surface area contributed by atoms with Gasteiger partial charge in [0.1, 0.15) is 28.6 Å². The molecule has 0 heterocycles. The van der Waals surface area contributed by atoms with Crippen LogP contribution in [0.3, 0.4) is 0 Å². The summed E-state index contributed by atoms with van der Waals surface area (Å²) in [7, 11) is 0. The van der Waals surface area contributed by atoms with Crippen LogP contribution in [0.15, 0.2) is 35.9 Å². The first-order valence-electron chi connectivity index (χ1n) is 8.72. The van der Waals surface area contributed by atoms with E-state index in [2.05, 4.69) is 16.1 Å². The molecule has 1 aliphatic rings. The van der Waals surface area contributed by atoms with E-state index in [0.29, 0.717) is 5.57 Å². The first-order valence-corrected chi connectivity index (χ1v) is 8.72. The topological polar surface area (TPSA) is 75.6 Å². The summed E-state index contributed by atoms with van der Waals surface area (Å²) in [6, 6.07) is 0.0167. The largest absolute Gasteiger partial charge is 0.503 e. The molecule has 12 heteroatoms. The number of amides is 1. The van der Waals surface area contributed by atoms with Crippen molar-refractivity contribution in [3.63, 3.8) is 0 Å². The fraction of sp³-hybridized carbons (Fsp3) is 0.0476. The predicted octanol–water partition coefficient (Wildman–Crippen LogP) is 4.17. The summed E-state index contributed by atoms with van der Waals surface area (Å²) in [5.74, 6) is -22.8. The summed E-state index contributed by atoms with van der Waals surface area (Å²) < 4.78 is 101. The van der Waals surface area contributed by atoms with Crippen LogP contribution in [0.4, 0.5) is 30.7 Å². The number of ether oxygens (including phenoxy) is 1. The van der Waals surface area contributed by atoms with E-state index >= 15 is 0 Å². The molecule has 0 radical (unpaired) electrons. The van der Waals surface area contributed by atoms with Gasteiger partial charge in [-0.2, -0.15) is 13.2 Å². The Kier molecular flexibility index (Phi) is 6.50. The molecule has 0 bridgehead atoms. The Hall–Kier alpha value is -4.18. The van der Waals surface area contributed by atoms with Gasteiger partial charge in [0.2, 0.25) is 17.5 Å². The van der Waals surface area contributed by atoms with Crippen molar-refractivity contribution in [1.82, 2.24) is 5.32 Å². The zero-order chi connectivity index (χ0) is 24.4. The molecule has 0 spiro atoms. The molecule has 2 N–H and O–H groups in total. The van der Waals surface area contributed by atoms with Gasteiger partial charge in [-0.25, -0.2) is 22.4 Å². The Morgan fingerprint density at radius 3 is 2.06 bits per heavy atom. The second-order valence-electron chi connectivity index (χ2n) is 6.30. The molecule has 0 atom stereocenters. The number of carbonyl (C=O) groups excluding carboxylic acids is 2. The van der Waals surface area contributed by atoms with Crippen molar-refractivity contribution < 1.29 is 50.2 Å². The molecule has 3 rings (SSSR count). The molecule has 1 aliphatic carbocycles. The van der Waals surface area contributed by atoms with Crippen molar-refractivity contribution in [2.75, 3.05) is 6.54 Å². The van der Waals surface area contributed by atoms with Crippen molar-refractivity contribution >= 4 is 11.9 Å². The molecular formula is C21H9F7NO4+. The lowest BCUT2D eigenvalue weighted by Gasteiger charge is -2.12. The van der Waals surface area contributed by atoms with Crippen LogP contribution in [0.5, 0.6) is 11.5 Å². The third-order valence-electron chi connectivity index (χ3n) is 4.21. The predicted molar refractivity (Wildman–Crippen MR) is 96.6 cm³/mol. The molecule has 2 aromatic carbocycles. The molecule has 0 saturated carbocycles. The van der Waals surface area contributed by atoms with E-state index in [4.69, 9.17) is 5.11 Å². The van der Waals surface area contributed by atoms with Crippen molar-refractivity contribution in [3.8, 4) is 11.5 Å². The average molecular weight is 472 g/mol. The van der Waals surface area contributed by atoms with Crippen LogP contribution in [0.25, 0.3) is 0 Å². The summed E-state index contributed by atoms with van der Waals surface area (Å²) >= 11 is 0. The van der Waals surface area contributed by atoms with Crippen LogP contribution in [-0.2, 0) is 0 Å². The van der Waals surface area contributed by atoms with Crippen molar-refractivity contribution in [2.45, 2.75) is 0 Å². The van der Waals surface area contributed by atoms with E-state index in [1.807, 2.05) is 0 Å². The van der Waals surface area contributed by atoms with Gasteiger partial charge in [0.25, 0.3) is 5.91 Å². The Balaban J connectivity index is 1.88. The minimum absolute atomic E-state index is 0.0167. The van der Waals surface area contributed by atoms with E-state index in [0.717, 1.165) is 0 Å². The van der Waals surface area contributed by atoms with Crippen molar-refractivity contribution in [2.24, 2.45) is 0 Å². The van der Waals surface area contributed by atoms with Gasteiger partial charge in [0, 0.05) is 24.3 Å². The number of halogens is 7. The number of phenolic OH excluding ortho intramolecular Hbond substituents is 1. The van der Waals surface area contributed by atoms with Crippen molar-refractivity contribution in [3.05, 3.63) is 93.9 Å². The number of hydrogen-bond donors (Lipinski definition) is 2. The normalized spacial score (nSPS) is 12.3. The maximum absolute atomic E-state index is 14.3. The summed E-state index contributed by atoms with van der Waals surface area (Å²) in [5.41, 5.74) is -3.01. The Bertz CT molecular complexity index is 1240. The third kappa shape index (κ3) is 4.41. The van der Waals surface area contributed by atoms with E-state index in [-0.39, 0.29) is 12.6 Å². The van der Waals surface area contributed by atoms with Gasteiger partial charge >= 0.3 is 5.97 Å². The highest BCUT2D eigenvalue weighted by atomic mass is 19.2. The molecule has 5 nitrogen and oxygen atoms in total. The highest BCUT2D eigenvalue weighted by molar-refractivity contribution is 5.95. The van der Waals surface area contributed by atoms with Gasteiger partial charge in [-0.05, 0) is 0 Å². The Morgan fingerprint density at radius 1 is 0.879 bits per heavy atom. The highest BCUT2D eigenvalue weighted by Gasteiger charge is 2.32. The molecule has 0 unspecified atom stereocenters. The lowest BCUT2D eigenvalue weighted by atomic mass is 10.1. The quantitative estimate of drug-likeness (QED) is 0.225. The smallest absolute Gasteiger partial charge is 0.349 e. The maximum Gasteiger partial charge on any atom is 0.349 e. The van der Waals surface area contributed by atoms with Gasteiger partial charge in [0.15, 0.2) is 29.0 Å². The number of phenols is 1. The number of hydrogen-bond acceptors (Lipinski definition) is 4. The Morgan fingerprint density at radius 2 is 1.48 bits per heavy atom. The van der Waals surface area contributed by atoms with Gasteiger partial charge in [-0.3, -0.25) is 4.79 Å². The van der Waals surface area contributed by atoms with Crippen LogP contribution in [0.2, 0.25) is 0 Å². The molecule has 0 saturated heterocycles. The third-order valence-corrected chi connectivity index (χ3v) is 4.21. The van der Waals surface area contributed by atoms with Crippen LogP contribution >= 0.6 is 0 Å².